The fraction of sp³-hybridized carbons (Fsp3) is 0.105. The maximum absolute atomic E-state index is 14.1. The van der Waals surface area contributed by atoms with E-state index in [4.69, 9.17) is 0 Å². The fourth-order valence-corrected chi connectivity index (χ4v) is 3.26. The van der Waals surface area contributed by atoms with E-state index in [0.717, 1.165) is 10.8 Å². The van der Waals surface area contributed by atoms with Crippen LogP contribution in [-0.2, 0) is 6.54 Å². The quantitative estimate of drug-likeness (QED) is 0.365. The second-order valence-electron chi connectivity index (χ2n) is 5.84. The summed E-state index contributed by atoms with van der Waals surface area (Å²) in [7, 11) is 0. The van der Waals surface area contributed by atoms with Gasteiger partial charge in [0.15, 0.2) is 23.3 Å². The highest BCUT2D eigenvalue weighted by molar-refractivity contribution is 6.08. The summed E-state index contributed by atoms with van der Waals surface area (Å²) in [5.74, 6) is -5.59. The summed E-state index contributed by atoms with van der Waals surface area (Å²) >= 11 is 0. The molecule has 0 aliphatic rings. The van der Waals surface area contributed by atoms with Crippen molar-refractivity contribution in [1.82, 2.24) is 9.55 Å². The number of hydrogen-bond acceptors (Lipinski definition) is 1. The third-order valence-corrected chi connectivity index (χ3v) is 4.38. The molecule has 0 atom stereocenters. The maximum Gasteiger partial charge on any atom is 0.166 e. The Labute approximate surface area is 140 Å². The van der Waals surface area contributed by atoms with Crippen molar-refractivity contribution in [2.24, 2.45) is 0 Å². The number of aryl methyl sites for hydroxylation is 1. The summed E-state index contributed by atoms with van der Waals surface area (Å²) in [5, 5.41) is 1.74. The molecule has 4 rings (SSSR count). The molecule has 25 heavy (non-hydrogen) atoms. The number of para-hydroxylation sites is 1. The molecule has 0 spiro atoms. The fourth-order valence-electron chi connectivity index (χ4n) is 3.26. The van der Waals surface area contributed by atoms with Crippen LogP contribution in [0.5, 0.6) is 0 Å². The normalized spacial score (nSPS) is 11.6. The van der Waals surface area contributed by atoms with Crippen molar-refractivity contribution in [3.05, 3.63) is 77.1 Å². The third-order valence-electron chi connectivity index (χ3n) is 4.38. The Kier molecular flexibility index (Phi) is 3.49. The van der Waals surface area contributed by atoms with E-state index >= 15 is 0 Å². The Hall–Kier alpha value is -2.89. The number of benzene rings is 2. The summed E-state index contributed by atoms with van der Waals surface area (Å²) in [5.41, 5.74) is 1.39. The third kappa shape index (κ3) is 2.28. The van der Waals surface area contributed by atoms with Gasteiger partial charge in [-0.2, -0.15) is 0 Å². The molecule has 2 aromatic heterocycles. The predicted octanol–water partition coefficient (Wildman–Crippen LogP) is 5.10. The molecule has 2 aromatic carbocycles. The van der Waals surface area contributed by atoms with E-state index in [1.807, 2.05) is 12.1 Å². The van der Waals surface area contributed by atoms with Gasteiger partial charge in [0.25, 0.3) is 0 Å². The first-order valence-electron chi connectivity index (χ1n) is 7.63. The second kappa shape index (κ2) is 5.58. The van der Waals surface area contributed by atoms with Crippen LogP contribution in [0.15, 0.2) is 42.6 Å². The molecule has 0 unspecified atom stereocenters. The number of rotatable bonds is 2. The molecule has 2 nitrogen and oxygen atoms in total. The average molecular weight is 344 g/mol. The summed E-state index contributed by atoms with van der Waals surface area (Å²) < 4.78 is 57.0. The number of pyridine rings is 1. The second-order valence-corrected chi connectivity index (χ2v) is 5.84. The van der Waals surface area contributed by atoms with Crippen molar-refractivity contribution in [2.75, 3.05) is 0 Å². The zero-order chi connectivity index (χ0) is 17.7. The molecule has 0 N–H and O–H groups in total. The van der Waals surface area contributed by atoms with Crippen LogP contribution in [0.4, 0.5) is 17.6 Å². The van der Waals surface area contributed by atoms with Gasteiger partial charge in [0.2, 0.25) is 0 Å². The van der Waals surface area contributed by atoms with Crippen LogP contribution >= 0.6 is 0 Å². The first-order valence-corrected chi connectivity index (χ1v) is 7.63. The van der Waals surface area contributed by atoms with Crippen molar-refractivity contribution in [1.29, 1.82) is 0 Å². The smallest absolute Gasteiger partial charge is 0.166 e. The lowest BCUT2D eigenvalue weighted by Crippen LogP contribution is -2.09. The Morgan fingerprint density at radius 1 is 0.920 bits per heavy atom. The average Bonchev–Trinajstić information content (AvgIpc) is 2.92. The predicted molar refractivity (Wildman–Crippen MR) is 87.4 cm³/mol. The first kappa shape index (κ1) is 15.6. The van der Waals surface area contributed by atoms with Gasteiger partial charge in [-0.15, -0.1) is 0 Å². The molecule has 0 aliphatic carbocycles. The van der Waals surface area contributed by atoms with Crippen molar-refractivity contribution >= 4 is 21.8 Å². The van der Waals surface area contributed by atoms with Gasteiger partial charge < -0.3 is 4.57 Å². The Balaban J connectivity index is 2.05. The van der Waals surface area contributed by atoms with Crippen LogP contribution in [0.2, 0.25) is 0 Å². The number of hydrogen-bond donors (Lipinski definition) is 0. The minimum Gasteiger partial charge on any atom is -0.334 e. The molecule has 126 valence electrons. The standard InChI is InChI=1S/C19H12F4N2/c1-10-19-12(6-7-24-10)11-4-2-3-5-16(11)25(19)9-13-17(22)14(20)8-15(21)18(13)23/h2-8H,9H2,1H3. The molecule has 0 bridgehead atoms. The van der Waals surface area contributed by atoms with Gasteiger partial charge >= 0.3 is 0 Å². The maximum atomic E-state index is 14.1. The van der Waals surface area contributed by atoms with Gasteiger partial charge in [-0.25, -0.2) is 17.6 Å². The first-order chi connectivity index (χ1) is 12.0. The van der Waals surface area contributed by atoms with E-state index < -0.39 is 28.8 Å². The molecule has 0 fully saturated rings. The Bertz CT molecular complexity index is 1110. The number of fused-ring (bicyclic) bond motifs is 3. The largest absolute Gasteiger partial charge is 0.334 e. The summed E-state index contributed by atoms with van der Waals surface area (Å²) in [6.45, 7) is 1.43. The van der Waals surface area contributed by atoms with E-state index in [2.05, 4.69) is 4.98 Å². The minimum atomic E-state index is -1.41. The van der Waals surface area contributed by atoms with Crippen LogP contribution in [0, 0.1) is 30.2 Å². The van der Waals surface area contributed by atoms with Crippen LogP contribution in [0.25, 0.3) is 21.8 Å². The number of nitrogens with zero attached hydrogens (tertiary/aromatic N) is 2. The Morgan fingerprint density at radius 3 is 2.32 bits per heavy atom. The topological polar surface area (TPSA) is 17.8 Å². The molecule has 0 aliphatic heterocycles. The monoisotopic (exact) mass is 344 g/mol. The van der Waals surface area contributed by atoms with E-state index in [1.165, 1.54) is 0 Å². The SMILES string of the molecule is Cc1nccc2c3ccccc3n(Cc3c(F)c(F)cc(F)c3F)c12. The molecule has 4 aromatic rings. The molecular weight excluding hydrogens is 332 g/mol. The molecule has 0 saturated heterocycles. The molecule has 0 radical (unpaired) electrons. The molecular formula is C19H12F4N2. The van der Waals surface area contributed by atoms with Crippen molar-refractivity contribution in [3.63, 3.8) is 0 Å². The molecule has 2 heterocycles. The number of halogens is 4. The zero-order valence-corrected chi connectivity index (χ0v) is 13.2. The van der Waals surface area contributed by atoms with E-state index in [1.54, 1.807) is 35.9 Å². The zero-order valence-electron chi connectivity index (χ0n) is 13.2. The number of aromatic nitrogens is 2. The minimum absolute atomic E-state index is 0.215. The van der Waals surface area contributed by atoms with E-state index in [0.29, 0.717) is 16.7 Å². The van der Waals surface area contributed by atoms with Gasteiger partial charge in [0.1, 0.15) is 0 Å². The summed E-state index contributed by atoms with van der Waals surface area (Å²) in [6, 6.07) is 9.34. The van der Waals surface area contributed by atoms with Gasteiger partial charge in [-0.3, -0.25) is 4.98 Å². The van der Waals surface area contributed by atoms with Gasteiger partial charge in [-0.05, 0) is 19.1 Å². The molecule has 0 saturated carbocycles. The summed E-state index contributed by atoms with van der Waals surface area (Å²) in [4.78, 5) is 4.23. The van der Waals surface area contributed by atoms with Gasteiger partial charge in [-0.1, -0.05) is 18.2 Å². The lowest BCUT2D eigenvalue weighted by Gasteiger charge is -2.11. The van der Waals surface area contributed by atoms with Crippen LogP contribution in [0.3, 0.4) is 0 Å². The van der Waals surface area contributed by atoms with Gasteiger partial charge in [0, 0.05) is 34.1 Å². The highest BCUT2D eigenvalue weighted by Crippen LogP contribution is 2.32. The van der Waals surface area contributed by atoms with Crippen molar-refractivity contribution in [3.8, 4) is 0 Å². The highest BCUT2D eigenvalue weighted by atomic mass is 19.2. The molecule has 6 heteroatoms. The van der Waals surface area contributed by atoms with Crippen molar-refractivity contribution < 1.29 is 17.6 Å². The lowest BCUT2D eigenvalue weighted by molar-refractivity contribution is 0.436. The molecule has 0 amide bonds. The van der Waals surface area contributed by atoms with Crippen LogP contribution < -0.4 is 0 Å². The van der Waals surface area contributed by atoms with E-state index in [9.17, 15) is 17.6 Å². The summed E-state index contributed by atoms with van der Waals surface area (Å²) in [6.07, 6.45) is 1.65. The van der Waals surface area contributed by atoms with Crippen LogP contribution in [0.1, 0.15) is 11.3 Å². The van der Waals surface area contributed by atoms with Crippen molar-refractivity contribution in [2.45, 2.75) is 13.5 Å². The van der Waals surface area contributed by atoms with E-state index in [-0.39, 0.29) is 12.6 Å². The Morgan fingerprint density at radius 2 is 1.60 bits per heavy atom. The van der Waals surface area contributed by atoms with Gasteiger partial charge in [0.05, 0.1) is 17.8 Å². The highest BCUT2D eigenvalue weighted by Gasteiger charge is 2.21. The lowest BCUT2D eigenvalue weighted by atomic mass is 10.1. The van der Waals surface area contributed by atoms with Crippen LogP contribution in [-0.4, -0.2) is 9.55 Å².